The minimum atomic E-state index is -0.555. The molecule has 0 saturated carbocycles. The van der Waals surface area contributed by atoms with Crippen molar-refractivity contribution in [3.63, 3.8) is 0 Å². The number of carbonyl (C=O) groups excluding carboxylic acids is 2. The van der Waals surface area contributed by atoms with Gasteiger partial charge >= 0.3 is 5.97 Å². The number of hydrogen-bond acceptors (Lipinski definition) is 7. The van der Waals surface area contributed by atoms with Gasteiger partial charge in [0.1, 0.15) is 11.9 Å². The lowest BCUT2D eigenvalue weighted by atomic mass is 10.0. The van der Waals surface area contributed by atoms with Gasteiger partial charge in [-0.2, -0.15) is 10.2 Å². The number of benzene rings is 1. The summed E-state index contributed by atoms with van der Waals surface area (Å²) in [6.07, 6.45) is 7.92. The van der Waals surface area contributed by atoms with Crippen molar-refractivity contribution in [3.8, 4) is 18.1 Å². The molecule has 1 aromatic carbocycles. The standard InChI is InChI=1S/C20H23N3O5/c1-3-4-9-20(22-23-20)10-7-18(24)21-17-6-5-14(12-16(17)19(25)26-2)28-15-8-11-27-13-15/h1,5-6,12,15H,4,7-11,13H2,2H3,(H,21,24). The zero-order valence-electron chi connectivity index (χ0n) is 15.8. The van der Waals surface area contributed by atoms with Crippen LogP contribution in [-0.4, -0.2) is 44.0 Å². The second-order valence-corrected chi connectivity index (χ2v) is 6.74. The zero-order chi connectivity index (χ0) is 20.0. The number of nitrogens with one attached hydrogen (secondary N) is 1. The number of terminal acetylenes is 1. The number of hydrogen-bond donors (Lipinski definition) is 1. The summed E-state index contributed by atoms with van der Waals surface area (Å²) in [7, 11) is 1.29. The normalized spacial score (nSPS) is 18.9. The van der Waals surface area contributed by atoms with E-state index in [-0.39, 0.29) is 24.0 Å². The molecule has 1 saturated heterocycles. The number of carbonyl (C=O) groups is 2. The average molecular weight is 385 g/mol. The van der Waals surface area contributed by atoms with Gasteiger partial charge in [-0.15, -0.1) is 12.3 Å². The molecule has 1 N–H and O–H groups in total. The first kappa shape index (κ1) is 19.8. The number of rotatable bonds is 9. The van der Waals surface area contributed by atoms with E-state index < -0.39 is 11.6 Å². The Labute approximate surface area is 163 Å². The Morgan fingerprint density at radius 2 is 2.21 bits per heavy atom. The lowest BCUT2D eigenvalue weighted by Crippen LogP contribution is -2.20. The van der Waals surface area contributed by atoms with Crippen molar-refractivity contribution in [2.45, 2.75) is 43.9 Å². The average Bonchev–Trinajstić information content (AvgIpc) is 3.30. The highest BCUT2D eigenvalue weighted by Crippen LogP contribution is 2.37. The van der Waals surface area contributed by atoms with Gasteiger partial charge < -0.3 is 19.5 Å². The molecule has 28 heavy (non-hydrogen) atoms. The van der Waals surface area contributed by atoms with Crippen LogP contribution in [0.25, 0.3) is 0 Å². The van der Waals surface area contributed by atoms with Crippen molar-refractivity contribution >= 4 is 17.6 Å². The Morgan fingerprint density at radius 1 is 1.39 bits per heavy atom. The molecule has 2 heterocycles. The Balaban J connectivity index is 1.62. The third-order valence-corrected chi connectivity index (χ3v) is 4.67. The van der Waals surface area contributed by atoms with E-state index in [2.05, 4.69) is 21.5 Å². The molecule has 3 rings (SSSR count). The Hall–Kier alpha value is -2.92. The maximum absolute atomic E-state index is 12.4. The van der Waals surface area contributed by atoms with Crippen LogP contribution >= 0.6 is 0 Å². The SMILES string of the molecule is C#CCCC1(CCC(=O)Nc2ccc(OC3CCOC3)cc2C(=O)OC)N=N1. The second-order valence-electron chi connectivity index (χ2n) is 6.74. The number of amides is 1. The summed E-state index contributed by atoms with van der Waals surface area (Å²) >= 11 is 0. The Kier molecular flexibility index (Phi) is 6.26. The van der Waals surface area contributed by atoms with Gasteiger partial charge in [-0.3, -0.25) is 4.79 Å². The van der Waals surface area contributed by atoms with Crippen molar-refractivity contribution in [2.24, 2.45) is 10.2 Å². The van der Waals surface area contributed by atoms with E-state index in [9.17, 15) is 9.59 Å². The predicted molar refractivity (Wildman–Crippen MR) is 101 cm³/mol. The molecular formula is C20H23N3O5. The molecule has 1 fully saturated rings. The monoisotopic (exact) mass is 385 g/mol. The van der Waals surface area contributed by atoms with Crippen molar-refractivity contribution in [1.29, 1.82) is 0 Å². The number of anilines is 1. The molecule has 0 aliphatic carbocycles. The van der Waals surface area contributed by atoms with E-state index >= 15 is 0 Å². The van der Waals surface area contributed by atoms with Crippen LogP contribution in [0, 0.1) is 12.3 Å². The fourth-order valence-electron chi connectivity index (χ4n) is 2.98. The summed E-state index contributed by atoms with van der Waals surface area (Å²) in [5.41, 5.74) is 0.0833. The molecule has 0 radical (unpaired) electrons. The molecule has 2 aliphatic heterocycles. The minimum Gasteiger partial charge on any atom is -0.488 e. The van der Waals surface area contributed by atoms with Crippen LogP contribution in [0.15, 0.2) is 28.4 Å². The van der Waals surface area contributed by atoms with Gasteiger partial charge in [-0.1, -0.05) is 0 Å². The van der Waals surface area contributed by atoms with E-state index in [1.165, 1.54) is 7.11 Å². The Morgan fingerprint density at radius 3 is 2.86 bits per heavy atom. The van der Waals surface area contributed by atoms with E-state index in [0.29, 0.717) is 43.9 Å². The highest BCUT2D eigenvalue weighted by Gasteiger charge is 2.39. The summed E-state index contributed by atoms with van der Waals surface area (Å²) in [5.74, 6) is 2.29. The molecule has 1 aromatic rings. The lowest BCUT2D eigenvalue weighted by molar-refractivity contribution is -0.116. The third-order valence-electron chi connectivity index (χ3n) is 4.67. The van der Waals surface area contributed by atoms with Crippen molar-refractivity contribution in [3.05, 3.63) is 23.8 Å². The van der Waals surface area contributed by atoms with E-state index in [0.717, 1.165) is 6.42 Å². The molecular weight excluding hydrogens is 362 g/mol. The first-order chi connectivity index (χ1) is 13.5. The van der Waals surface area contributed by atoms with Gasteiger partial charge in [0.15, 0.2) is 5.66 Å². The summed E-state index contributed by atoms with van der Waals surface area (Å²) in [6.45, 7) is 1.17. The minimum absolute atomic E-state index is 0.0452. The molecule has 8 nitrogen and oxygen atoms in total. The van der Waals surface area contributed by atoms with Gasteiger partial charge in [-0.05, 0) is 18.2 Å². The fraction of sp³-hybridized carbons (Fsp3) is 0.500. The van der Waals surface area contributed by atoms with E-state index in [1.807, 2.05) is 0 Å². The fourth-order valence-corrected chi connectivity index (χ4v) is 2.98. The number of ether oxygens (including phenoxy) is 3. The smallest absolute Gasteiger partial charge is 0.340 e. The molecule has 148 valence electrons. The van der Waals surface area contributed by atoms with Crippen LogP contribution in [0.5, 0.6) is 5.75 Å². The third kappa shape index (κ3) is 5.08. The van der Waals surface area contributed by atoms with Crippen LogP contribution in [0.4, 0.5) is 5.69 Å². The predicted octanol–water partition coefficient (Wildman–Crippen LogP) is 2.94. The molecule has 2 aliphatic rings. The maximum atomic E-state index is 12.4. The van der Waals surface area contributed by atoms with Crippen molar-refractivity contribution in [1.82, 2.24) is 0 Å². The summed E-state index contributed by atoms with van der Waals surface area (Å²) in [6, 6.07) is 4.91. The molecule has 1 atom stereocenters. The quantitative estimate of drug-likeness (QED) is 0.520. The highest BCUT2D eigenvalue weighted by molar-refractivity contribution is 6.01. The molecule has 0 bridgehead atoms. The summed E-state index contributed by atoms with van der Waals surface area (Å²) < 4.78 is 15.9. The summed E-state index contributed by atoms with van der Waals surface area (Å²) in [4.78, 5) is 24.5. The molecule has 8 heteroatoms. The first-order valence-corrected chi connectivity index (χ1v) is 9.19. The van der Waals surface area contributed by atoms with Gasteiger partial charge in [0.2, 0.25) is 5.91 Å². The van der Waals surface area contributed by atoms with Gasteiger partial charge in [0.25, 0.3) is 0 Å². The summed E-state index contributed by atoms with van der Waals surface area (Å²) in [5, 5.41) is 10.8. The highest BCUT2D eigenvalue weighted by atomic mass is 16.5. The van der Waals surface area contributed by atoms with Crippen LogP contribution < -0.4 is 10.1 Å². The topological polar surface area (TPSA) is 98.6 Å². The Bertz CT molecular complexity index is 803. The lowest BCUT2D eigenvalue weighted by Gasteiger charge is -2.15. The number of nitrogens with zero attached hydrogens (tertiary/aromatic N) is 2. The van der Waals surface area contributed by atoms with Gasteiger partial charge in [-0.25, -0.2) is 4.79 Å². The van der Waals surface area contributed by atoms with Crippen molar-refractivity contribution < 1.29 is 23.8 Å². The van der Waals surface area contributed by atoms with Gasteiger partial charge in [0, 0.05) is 32.1 Å². The van der Waals surface area contributed by atoms with Crippen LogP contribution in [0.2, 0.25) is 0 Å². The molecule has 0 aromatic heterocycles. The zero-order valence-corrected chi connectivity index (χ0v) is 15.8. The number of methoxy groups -OCH3 is 1. The van der Waals surface area contributed by atoms with E-state index in [1.54, 1.807) is 18.2 Å². The van der Waals surface area contributed by atoms with Crippen LogP contribution in [0.1, 0.15) is 42.5 Å². The van der Waals surface area contributed by atoms with E-state index in [4.69, 9.17) is 20.6 Å². The molecule has 0 spiro atoms. The largest absolute Gasteiger partial charge is 0.488 e. The molecule has 1 amide bonds. The number of esters is 1. The molecule has 1 unspecified atom stereocenters. The maximum Gasteiger partial charge on any atom is 0.340 e. The van der Waals surface area contributed by atoms with Gasteiger partial charge in [0.05, 0.1) is 31.6 Å². The van der Waals surface area contributed by atoms with Crippen LogP contribution in [0.3, 0.4) is 0 Å². The van der Waals surface area contributed by atoms with Crippen molar-refractivity contribution in [2.75, 3.05) is 25.6 Å². The van der Waals surface area contributed by atoms with Crippen LogP contribution in [-0.2, 0) is 14.3 Å². The second kappa shape index (κ2) is 8.85. The first-order valence-electron chi connectivity index (χ1n) is 9.19.